The second-order valence-corrected chi connectivity index (χ2v) is 6.48. The quantitative estimate of drug-likeness (QED) is 0.842. The number of nitrogens with one attached hydrogen (secondary N) is 1. The summed E-state index contributed by atoms with van der Waals surface area (Å²) in [5.74, 6) is 1.51. The Balaban J connectivity index is 2.15. The van der Waals surface area contributed by atoms with Gasteiger partial charge in [-0.2, -0.15) is 5.10 Å². The van der Waals surface area contributed by atoms with E-state index in [1.165, 1.54) is 37.8 Å². The maximum Gasteiger partial charge on any atom is 0.0849 e. The van der Waals surface area contributed by atoms with E-state index in [-0.39, 0.29) is 0 Å². The molecule has 2 atom stereocenters. The molecule has 20 heavy (non-hydrogen) atoms. The molecule has 1 aromatic heterocycles. The number of rotatable bonds is 5. The maximum absolute atomic E-state index is 6.52. The average molecular weight is 298 g/mol. The lowest BCUT2D eigenvalue weighted by molar-refractivity contribution is 0.299. The minimum absolute atomic E-state index is 0.738. The van der Waals surface area contributed by atoms with Gasteiger partial charge in [0, 0.05) is 7.05 Å². The smallest absolute Gasteiger partial charge is 0.0849 e. The first kappa shape index (κ1) is 15.8. The zero-order valence-corrected chi connectivity index (χ0v) is 13.8. The summed E-state index contributed by atoms with van der Waals surface area (Å²) in [5.41, 5.74) is 2.28. The summed E-state index contributed by atoms with van der Waals surface area (Å²) in [5, 5.41) is 8.83. The molecule has 0 bridgehead atoms. The predicted octanol–water partition coefficient (Wildman–Crippen LogP) is 3.59. The number of hydrogen-bond acceptors (Lipinski definition) is 2. The summed E-state index contributed by atoms with van der Waals surface area (Å²) >= 11 is 6.52. The molecule has 1 aromatic rings. The van der Waals surface area contributed by atoms with Gasteiger partial charge in [0.2, 0.25) is 0 Å². The molecule has 114 valence electrons. The Kier molecular flexibility index (Phi) is 5.91. The van der Waals surface area contributed by atoms with Crippen molar-refractivity contribution in [1.82, 2.24) is 15.1 Å². The molecular formula is C16H28ClN3. The van der Waals surface area contributed by atoms with Gasteiger partial charge in [0.15, 0.2) is 0 Å². The van der Waals surface area contributed by atoms with Gasteiger partial charge in [-0.05, 0) is 51.1 Å². The molecule has 1 aliphatic rings. The van der Waals surface area contributed by atoms with Crippen molar-refractivity contribution in [1.29, 1.82) is 0 Å². The van der Waals surface area contributed by atoms with Crippen LogP contribution in [-0.2, 0) is 19.9 Å². The van der Waals surface area contributed by atoms with Crippen LogP contribution in [0.1, 0.15) is 50.4 Å². The summed E-state index contributed by atoms with van der Waals surface area (Å²) in [4.78, 5) is 0. The topological polar surface area (TPSA) is 29.9 Å². The van der Waals surface area contributed by atoms with E-state index in [9.17, 15) is 0 Å². The van der Waals surface area contributed by atoms with E-state index in [0.29, 0.717) is 0 Å². The molecule has 0 radical (unpaired) electrons. The molecule has 0 aromatic carbocycles. The monoisotopic (exact) mass is 297 g/mol. The normalized spacial score (nSPS) is 23.8. The van der Waals surface area contributed by atoms with Crippen LogP contribution in [0.5, 0.6) is 0 Å². The number of halogens is 1. The molecule has 2 rings (SSSR count). The van der Waals surface area contributed by atoms with E-state index < -0.39 is 0 Å². The lowest BCUT2D eigenvalue weighted by Crippen LogP contribution is -2.27. The molecule has 0 saturated heterocycles. The zero-order chi connectivity index (χ0) is 14.5. The minimum Gasteiger partial charge on any atom is -0.319 e. The van der Waals surface area contributed by atoms with E-state index in [1.54, 1.807) is 0 Å². The summed E-state index contributed by atoms with van der Waals surface area (Å²) in [6.45, 7) is 3.24. The van der Waals surface area contributed by atoms with Gasteiger partial charge in [-0.1, -0.05) is 37.8 Å². The fourth-order valence-corrected chi connectivity index (χ4v) is 3.92. The SMILES string of the molecule is CCc1nn(C)c(CC2CCCCCC2CNC)c1Cl. The van der Waals surface area contributed by atoms with Crippen molar-refractivity contribution in [3.63, 3.8) is 0 Å². The van der Waals surface area contributed by atoms with Crippen molar-refractivity contribution in [2.45, 2.75) is 51.9 Å². The molecule has 0 spiro atoms. The van der Waals surface area contributed by atoms with Gasteiger partial charge in [-0.3, -0.25) is 4.68 Å². The maximum atomic E-state index is 6.52. The molecule has 1 saturated carbocycles. The minimum atomic E-state index is 0.738. The van der Waals surface area contributed by atoms with Crippen molar-refractivity contribution >= 4 is 11.6 Å². The van der Waals surface area contributed by atoms with Crippen LogP contribution in [0, 0.1) is 11.8 Å². The molecule has 2 unspecified atom stereocenters. The van der Waals surface area contributed by atoms with Crippen LogP contribution >= 0.6 is 11.6 Å². The standard InChI is InChI=1S/C16H28ClN3/c1-4-14-16(17)15(20(3)19-14)10-12-8-6-5-7-9-13(12)11-18-2/h12-13,18H,4-11H2,1-3H3. The van der Waals surface area contributed by atoms with Crippen LogP contribution in [-0.4, -0.2) is 23.4 Å². The molecule has 1 heterocycles. The largest absolute Gasteiger partial charge is 0.319 e. The molecule has 1 aliphatic carbocycles. The van der Waals surface area contributed by atoms with Crippen LogP contribution in [0.25, 0.3) is 0 Å². The van der Waals surface area contributed by atoms with Crippen molar-refractivity contribution in [2.24, 2.45) is 18.9 Å². The van der Waals surface area contributed by atoms with Crippen molar-refractivity contribution < 1.29 is 0 Å². The van der Waals surface area contributed by atoms with Crippen molar-refractivity contribution in [3.8, 4) is 0 Å². The lowest BCUT2D eigenvalue weighted by atomic mass is 9.84. The first-order valence-electron chi connectivity index (χ1n) is 8.02. The number of aromatic nitrogens is 2. The van der Waals surface area contributed by atoms with Crippen molar-refractivity contribution in [2.75, 3.05) is 13.6 Å². The number of aryl methyl sites for hydroxylation is 2. The highest BCUT2D eigenvalue weighted by molar-refractivity contribution is 6.31. The Morgan fingerprint density at radius 1 is 1.25 bits per heavy atom. The Hall–Kier alpha value is -0.540. The fraction of sp³-hybridized carbons (Fsp3) is 0.812. The Morgan fingerprint density at radius 3 is 2.55 bits per heavy atom. The van der Waals surface area contributed by atoms with Gasteiger partial charge in [-0.15, -0.1) is 0 Å². The van der Waals surface area contributed by atoms with E-state index in [2.05, 4.69) is 24.4 Å². The molecule has 4 heteroatoms. The summed E-state index contributed by atoms with van der Waals surface area (Å²) in [7, 11) is 4.10. The Labute approximate surface area is 128 Å². The average Bonchev–Trinajstić information content (AvgIpc) is 2.61. The predicted molar refractivity (Wildman–Crippen MR) is 85.3 cm³/mol. The summed E-state index contributed by atoms with van der Waals surface area (Å²) < 4.78 is 2.00. The third-order valence-corrected chi connectivity index (χ3v) is 5.18. The molecule has 3 nitrogen and oxygen atoms in total. The zero-order valence-electron chi connectivity index (χ0n) is 13.1. The van der Waals surface area contributed by atoms with Crippen LogP contribution in [0.15, 0.2) is 0 Å². The van der Waals surface area contributed by atoms with Crippen LogP contribution in [0.2, 0.25) is 5.02 Å². The summed E-state index contributed by atoms with van der Waals surface area (Å²) in [6, 6.07) is 0. The fourth-order valence-electron chi connectivity index (χ4n) is 3.55. The van der Waals surface area contributed by atoms with Crippen LogP contribution in [0.3, 0.4) is 0 Å². The lowest BCUT2D eigenvalue weighted by Gasteiger charge is -2.25. The first-order valence-corrected chi connectivity index (χ1v) is 8.40. The van der Waals surface area contributed by atoms with Crippen LogP contribution in [0.4, 0.5) is 0 Å². The molecule has 1 N–H and O–H groups in total. The highest BCUT2D eigenvalue weighted by Gasteiger charge is 2.26. The Morgan fingerprint density at radius 2 is 1.95 bits per heavy atom. The second-order valence-electron chi connectivity index (χ2n) is 6.10. The molecule has 0 aliphatic heterocycles. The van der Waals surface area contributed by atoms with Crippen molar-refractivity contribution in [3.05, 3.63) is 16.4 Å². The molecule has 0 amide bonds. The number of nitrogens with zero attached hydrogens (tertiary/aromatic N) is 2. The van der Waals surface area contributed by atoms with Gasteiger partial charge >= 0.3 is 0 Å². The first-order chi connectivity index (χ1) is 9.67. The molecule has 1 fully saturated rings. The van der Waals surface area contributed by atoms with Gasteiger partial charge in [0.25, 0.3) is 0 Å². The van der Waals surface area contributed by atoms with E-state index in [4.69, 9.17) is 11.6 Å². The Bertz CT molecular complexity index is 428. The van der Waals surface area contributed by atoms with Gasteiger partial charge < -0.3 is 5.32 Å². The van der Waals surface area contributed by atoms with E-state index >= 15 is 0 Å². The molecular weight excluding hydrogens is 270 g/mol. The van der Waals surface area contributed by atoms with Crippen LogP contribution < -0.4 is 5.32 Å². The third kappa shape index (κ3) is 3.56. The highest BCUT2D eigenvalue weighted by Crippen LogP contribution is 2.33. The van der Waals surface area contributed by atoms with E-state index in [1.807, 2.05) is 11.7 Å². The van der Waals surface area contributed by atoms with E-state index in [0.717, 1.165) is 41.9 Å². The van der Waals surface area contributed by atoms with Gasteiger partial charge in [0.1, 0.15) is 0 Å². The third-order valence-electron chi connectivity index (χ3n) is 4.74. The summed E-state index contributed by atoms with van der Waals surface area (Å²) in [6.07, 6.45) is 8.79. The number of hydrogen-bond donors (Lipinski definition) is 1. The highest BCUT2D eigenvalue weighted by atomic mass is 35.5. The van der Waals surface area contributed by atoms with Gasteiger partial charge in [-0.25, -0.2) is 0 Å². The second kappa shape index (κ2) is 7.46. The van der Waals surface area contributed by atoms with Gasteiger partial charge in [0.05, 0.1) is 16.4 Å².